The Morgan fingerprint density at radius 1 is 1.40 bits per heavy atom. The van der Waals surface area contributed by atoms with Gasteiger partial charge in [-0.2, -0.15) is 4.73 Å². The Hall–Kier alpha value is -2.11. The van der Waals surface area contributed by atoms with Gasteiger partial charge >= 0.3 is 11.9 Å². The summed E-state index contributed by atoms with van der Waals surface area (Å²) in [5.74, 6) is -1.26. The summed E-state index contributed by atoms with van der Waals surface area (Å²) in [7, 11) is 0. The van der Waals surface area contributed by atoms with Crippen LogP contribution in [0.2, 0.25) is 0 Å². The summed E-state index contributed by atoms with van der Waals surface area (Å²) in [4.78, 5) is 30.2. The summed E-state index contributed by atoms with van der Waals surface area (Å²) in [6.45, 7) is 1.94. The third-order valence-electron chi connectivity index (χ3n) is 1.32. The molecule has 0 fully saturated rings. The zero-order valence-electron chi connectivity index (χ0n) is 8.12. The minimum absolute atomic E-state index is 0.264. The molecule has 6 nitrogen and oxygen atoms in total. The highest BCUT2D eigenvalue weighted by atomic mass is 16.7. The summed E-state index contributed by atoms with van der Waals surface area (Å²) in [5, 5.41) is 0. The maximum Gasteiger partial charge on any atom is 0.356 e. The molecule has 0 saturated carbocycles. The van der Waals surface area contributed by atoms with Crippen molar-refractivity contribution in [2.24, 2.45) is 0 Å². The second-order valence-electron chi connectivity index (χ2n) is 2.42. The van der Waals surface area contributed by atoms with E-state index in [4.69, 9.17) is 4.84 Å². The second kappa shape index (κ2) is 5.58. The van der Waals surface area contributed by atoms with Crippen molar-refractivity contribution in [3.63, 3.8) is 0 Å². The van der Waals surface area contributed by atoms with Crippen molar-refractivity contribution in [1.82, 2.24) is 9.71 Å². The first-order chi connectivity index (χ1) is 7.22. The molecule has 0 aliphatic heterocycles. The number of hydrogen-bond donors (Lipinski definition) is 0. The lowest BCUT2D eigenvalue weighted by Crippen LogP contribution is -2.16. The van der Waals surface area contributed by atoms with Crippen LogP contribution in [-0.4, -0.2) is 28.3 Å². The molecule has 1 rings (SSSR count). The van der Waals surface area contributed by atoms with Crippen LogP contribution in [0.3, 0.4) is 0 Å². The average Bonchev–Trinajstić information content (AvgIpc) is 2.68. The molecule has 1 aromatic heterocycles. The Kier molecular flexibility index (Phi) is 4.08. The lowest BCUT2D eigenvalue weighted by Gasteiger charge is -1.98. The van der Waals surface area contributed by atoms with Crippen LogP contribution >= 0.6 is 0 Å². The third kappa shape index (κ3) is 4.08. The third-order valence-corrected chi connectivity index (χ3v) is 1.32. The molecular weight excluding hydrogens is 200 g/mol. The van der Waals surface area contributed by atoms with Gasteiger partial charge in [-0.1, -0.05) is 0 Å². The minimum Gasteiger partial charge on any atom is -0.463 e. The molecule has 80 valence electrons. The van der Waals surface area contributed by atoms with Gasteiger partial charge in [0.05, 0.1) is 12.8 Å². The van der Waals surface area contributed by atoms with Crippen molar-refractivity contribution >= 4 is 11.9 Å². The Bertz CT molecular complexity index is 356. The molecule has 0 aliphatic rings. The highest BCUT2D eigenvalue weighted by Crippen LogP contribution is 1.85. The Morgan fingerprint density at radius 3 is 2.73 bits per heavy atom. The number of ether oxygens (including phenoxy) is 1. The number of aromatic nitrogens is 2. The molecule has 15 heavy (non-hydrogen) atoms. The Balaban J connectivity index is 2.39. The summed E-state index contributed by atoms with van der Waals surface area (Å²) in [5.41, 5.74) is 0. The topological polar surface area (TPSA) is 70.4 Å². The van der Waals surface area contributed by atoms with E-state index in [1.165, 1.54) is 18.7 Å². The van der Waals surface area contributed by atoms with Gasteiger partial charge in [-0.15, -0.1) is 0 Å². The van der Waals surface area contributed by atoms with Crippen LogP contribution in [0.4, 0.5) is 0 Å². The molecular formula is C9H10N2O4. The fourth-order valence-electron chi connectivity index (χ4n) is 0.762. The molecule has 0 N–H and O–H groups in total. The molecule has 0 bridgehead atoms. The Labute approximate surface area is 86.1 Å². The van der Waals surface area contributed by atoms with E-state index >= 15 is 0 Å². The number of carbonyl (C=O) groups is 2. The largest absolute Gasteiger partial charge is 0.463 e. The first-order valence-electron chi connectivity index (χ1n) is 4.27. The van der Waals surface area contributed by atoms with Gasteiger partial charge in [-0.05, 0) is 6.92 Å². The van der Waals surface area contributed by atoms with Crippen LogP contribution in [0, 0.1) is 0 Å². The van der Waals surface area contributed by atoms with Gasteiger partial charge in [0.15, 0.2) is 0 Å². The number of carbonyl (C=O) groups excluding carboxylic acids is 2. The molecule has 0 unspecified atom stereocenters. The van der Waals surface area contributed by atoms with E-state index in [9.17, 15) is 9.59 Å². The highest BCUT2D eigenvalue weighted by molar-refractivity contribution is 5.91. The molecule has 6 heteroatoms. The standard InChI is InChI=1S/C9H10N2O4/c1-2-14-8(12)3-4-9(13)15-11-6-5-10-7-11/h3-7H,2H2,1H3/b4-3-. The van der Waals surface area contributed by atoms with Crippen molar-refractivity contribution in [3.8, 4) is 0 Å². The molecule has 0 saturated heterocycles. The van der Waals surface area contributed by atoms with E-state index < -0.39 is 11.9 Å². The van der Waals surface area contributed by atoms with E-state index in [0.717, 1.165) is 16.9 Å². The summed E-state index contributed by atoms with van der Waals surface area (Å²) < 4.78 is 5.70. The van der Waals surface area contributed by atoms with Crippen LogP contribution in [0.15, 0.2) is 30.9 Å². The van der Waals surface area contributed by atoms with Gasteiger partial charge in [-0.25, -0.2) is 14.6 Å². The summed E-state index contributed by atoms with van der Waals surface area (Å²) >= 11 is 0. The number of nitrogens with zero attached hydrogens (tertiary/aromatic N) is 2. The van der Waals surface area contributed by atoms with E-state index in [2.05, 4.69) is 9.72 Å². The maximum atomic E-state index is 11.1. The predicted octanol–water partition coefficient (Wildman–Crippen LogP) is -0.0424. The molecule has 0 aliphatic carbocycles. The van der Waals surface area contributed by atoms with Crippen LogP contribution in [-0.2, 0) is 14.3 Å². The van der Waals surface area contributed by atoms with E-state index in [-0.39, 0.29) is 6.61 Å². The number of rotatable bonds is 4. The quantitative estimate of drug-likeness (QED) is 0.515. The molecule has 0 amide bonds. The van der Waals surface area contributed by atoms with Crippen molar-refractivity contribution in [1.29, 1.82) is 0 Å². The SMILES string of the molecule is CCOC(=O)/C=C\C(=O)On1ccnc1. The molecule has 0 spiro atoms. The van der Waals surface area contributed by atoms with E-state index in [1.54, 1.807) is 6.92 Å². The van der Waals surface area contributed by atoms with Gasteiger partial charge in [0.2, 0.25) is 0 Å². The maximum absolute atomic E-state index is 11.1. The molecule has 0 aromatic carbocycles. The number of esters is 1. The first-order valence-corrected chi connectivity index (χ1v) is 4.27. The minimum atomic E-state index is -0.680. The van der Waals surface area contributed by atoms with Gasteiger partial charge in [-0.3, -0.25) is 0 Å². The lowest BCUT2D eigenvalue weighted by atomic mass is 10.5. The molecule has 0 atom stereocenters. The van der Waals surface area contributed by atoms with E-state index in [1.807, 2.05) is 0 Å². The van der Waals surface area contributed by atoms with Crippen molar-refractivity contribution in [2.45, 2.75) is 6.92 Å². The predicted molar refractivity (Wildman–Crippen MR) is 49.6 cm³/mol. The van der Waals surface area contributed by atoms with Crippen LogP contribution in [0.5, 0.6) is 0 Å². The molecule has 0 radical (unpaired) electrons. The molecule has 1 heterocycles. The monoisotopic (exact) mass is 210 g/mol. The number of hydrogen-bond acceptors (Lipinski definition) is 5. The van der Waals surface area contributed by atoms with Gasteiger partial charge in [0.25, 0.3) is 0 Å². The zero-order chi connectivity index (χ0) is 11.1. The zero-order valence-corrected chi connectivity index (χ0v) is 8.12. The van der Waals surface area contributed by atoms with Crippen molar-refractivity contribution in [2.75, 3.05) is 6.61 Å². The van der Waals surface area contributed by atoms with Gasteiger partial charge in [0.1, 0.15) is 6.33 Å². The highest BCUT2D eigenvalue weighted by Gasteiger charge is 2.00. The fourth-order valence-corrected chi connectivity index (χ4v) is 0.762. The van der Waals surface area contributed by atoms with Gasteiger partial charge < -0.3 is 9.57 Å². The summed E-state index contributed by atoms with van der Waals surface area (Å²) in [6.07, 6.45) is 6.22. The molecule has 1 aromatic rings. The average molecular weight is 210 g/mol. The van der Waals surface area contributed by atoms with Crippen molar-refractivity contribution < 1.29 is 19.2 Å². The normalized spacial score (nSPS) is 10.2. The summed E-state index contributed by atoms with van der Waals surface area (Å²) in [6, 6.07) is 0. The Morgan fingerprint density at radius 2 is 2.13 bits per heavy atom. The van der Waals surface area contributed by atoms with E-state index in [0.29, 0.717) is 0 Å². The fraction of sp³-hybridized carbons (Fsp3) is 0.222. The van der Waals surface area contributed by atoms with Crippen LogP contribution in [0.1, 0.15) is 6.92 Å². The van der Waals surface area contributed by atoms with Gasteiger partial charge in [0, 0.05) is 18.3 Å². The lowest BCUT2D eigenvalue weighted by molar-refractivity contribution is -0.140. The van der Waals surface area contributed by atoms with Crippen LogP contribution < -0.4 is 4.84 Å². The first kappa shape index (κ1) is 11.0. The van der Waals surface area contributed by atoms with Crippen LogP contribution in [0.25, 0.3) is 0 Å². The smallest absolute Gasteiger partial charge is 0.356 e. The number of imidazole rings is 1. The second-order valence-corrected chi connectivity index (χ2v) is 2.42. The van der Waals surface area contributed by atoms with Crippen molar-refractivity contribution in [3.05, 3.63) is 30.9 Å².